The van der Waals surface area contributed by atoms with Crippen molar-refractivity contribution in [2.24, 2.45) is 0 Å². The lowest BCUT2D eigenvalue weighted by Crippen LogP contribution is -1.88. The molecule has 0 radical (unpaired) electrons. The molecular weight excluding hydrogens is 202 g/mol. The normalized spacial score (nSPS) is 12.1. The molecule has 0 saturated heterocycles. The van der Waals surface area contributed by atoms with Gasteiger partial charge in [-0.3, -0.25) is 0 Å². The molecule has 80 valence electrons. The number of thiophene rings is 1. The summed E-state index contributed by atoms with van der Waals surface area (Å²) in [5, 5.41) is 11.2. The van der Waals surface area contributed by atoms with Gasteiger partial charge in [-0.1, -0.05) is 32.8 Å². The summed E-state index contributed by atoms with van der Waals surface area (Å²) >= 11 is 1.73. The van der Waals surface area contributed by atoms with E-state index in [-0.39, 0.29) is 0 Å². The first-order chi connectivity index (χ1) is 7.33. The Morgan fingerprint density at radius 3 is 2.53 bits per heavy atom. The van der Waals surface area contributed by atoms with Crippen LogP contribution in [0.1, 0.15) is 44.4 Å². The number of nitriles is 1. The fourth-order valence-electron chi connectivity index (χ4n) is 1.65. The molecule has 0 saturated carbocycles. The summed E-state index contributed by atoms with van der Waals surface area (Å²) in [6.07, 6.45) is 4.07. The van der Waals surface area contributed by atoms with Crippen molar-refractivity contribution in [3.8, 4) is 6.07 Å². The lowest BCUT2D eigenvalue weighted by Gasteiger charge is -2.06. The Kier molecular flexibility index (Phi) is 5.14. The molecule has 0 amide bonds. The van der Waals surface area contributed by atoms with E-state index in [0.29, 0.717) is 0 Å². The van der Waals surface area contributed by atoms with Gasteiger partial charge in [-0.15, -0.1) is 11.3 Å². The Balaban J connectivity index is 3.04. The third kappa shape index (κ3) is 3.21. The van der Waals surface area contributed by atoms with Crippen molar-refractivity contribution in [1.29, 1.82) is 5.26 Å². The molecule has 0 aliphatic rings. The summed E-state index contributed by atoms with van der Waals surface area (Å²) in [6.45, 7) is 4.28. The number of hydrogen-bond acceptors (Lipinski definition) is 2. The van der Waals surface area contributed by atoms with Crippen LogP contribution in [0.25, 0.3) is 5.57 Å². The van der Waals surface area contributed by atoms with Gasteiger partial charge in [-0.05, 0) is 29.9 Å². The van der Waals surface area contributed by atoms with Crippen molar-refractivity contribution in [3.05, 3.63) is 28.0 Å². The maximum absolute atomic E-state index is 9.15. The maximum atomic E-state index is 9.15. The van der Waals surface area contributed by atoms with Crippen LogP contribution in [0, 0.1) is 11.3 Å². The second kappa shape index (κ2) is 6.42. The van der Waals surface area contributed by atoms with Crippen molar-refractivity contribution in [3.63, 3.8) is 0 Å². The molecule has 0 fully saturated rings. The van der Waals surface area contributed by atoms with E-state index in [9.17, 15) is 0 Å². The molecule has 0 spiro atoms. The molecule has 2 heteroatoms. The number of allylic oxidation sites excluding steroid dienone is 2. The maximum Gasteiger partial charge on any atom is 0.0950 e. The third-order valence-corrected chi connectivity index (χ3v) is 3.25. The Morgan fingerprint density at radius 1 is 1.33 bits per heavy atom. The van der Waals surface area contributed by atoms with Crippen LogP contribution in [0.4, 0.5) is 0 Å². The molecule has 1 aromatic heterocycles. The van der Waals surface area contributed by atoms with Crippen LogP contribution < -0.4 is 0 Å². The largest absolute Gasteiger partial charge is 0.193 e. The van der Waals surface area contributed by atoms with Crippen LogP contribution in [-0.2, 0) is 0 Å². The van der Waals surface area contributed by atoms with E-state index in [1.54, 1.807) is 11.3 Å². The molecule has 0 N–H and O–H groups in total. The molecular formula is C13H17NS. The minimum atomic E-state index is 0.906. The summed E-state index contributed by atoms with van der Waals surface area (Å²) in [7, 11) is 0. The van der Waals surface area contributed by atoms with Crippen LogP contribution in [0.2, 0.25) is 0 Å². The van der Waals surface area contributed by atoms with Crippen LogP contribution in [-0.4, -0.2) is 0 Å². The van der Waals surface area contributed by atoms with E-state index in [0.717, 1.165) is 31.3 Å². The molecule has 1 heterocycles. The van der Waals surface area contributed by atoms with Gasteiger partial charge in [0, 0.05) is 10.5 Å². The number of hydrogen-bond donors (Lipinski definition) is 0. The highest BCUT2D eigenvalue weighted by Crippen LogP contribution is 2.29. The third-order valence-electron chi connectivity index (χ3n) is 2.32. The Morgan fingerprint density at radius 2 is 2.07 bits per heavy atom. The van der Waals surface area contributed by atoms with E-state index in [1.165, 1.54) is 10.5 Å². The standard InChI is InChI=1S/C13H17NS/c1-3-6-11(10-14)12(7-4-2)13-8-5-9-15-13/h5,8-9H,3-4,6-7H2,1-2H3/b12-11-. The summed E-state index contributed by atoms with van der Waals surface area (Å²) in [5.41, 5.74) is 2.23. The van der Waals surface area contributed by atoms with E-state index in [4.69, 9.17) is 5.26 Å². The molecule has 0 bridgehead atoms. The summed E-state index contributed by atoms with van der Waals surface area (Å²) < 4.78 is 0. The van der Waals surface area contributed by atoms with E-state index >= 15 is 0 Å². The van der Waals surface area contributed by atoms with Crippen molar-refractivity contribution in [2.45, 2.75) is 39.5 Å². The highest BCUT2D eigenvalue weighted by atomic mass is 32.1. The van der Waals surface area contributed by atoms with Crippen molar-refractivity contribution >= 4 is 16.9 Å². The molecule has 1 rings (SSSR count). The molecule has 0 aliphatic carbocycles. The van der Waals surface area contributed by atoms with Crippen molar-refractivity contribution in [2.75, 3.05) is 0 Å². The van der Waals surface area contributed by atoms with Gasteiger partial charge >= 0.3 is 0 Å². The van der Waals surface area contributed by atoms with Crippen LogP contribution in [0.15, 0.2) is 23.1 Å². The second-order valence-corrected chi connectivity index (χ2v) is 4.49. The Labute approximate surface area is 96.1 Å². The molecule has 0 aliphatic heterocycles. The van der Waals surface area contributed by atoms with Crippen molar-refractivity contribution in [1.82, 2.24) is 0 Å². The predicted octanol–water partition coefficient (Wildman–Crippen LogP) is 4.63. The smallest absolute Gasteiger partial charge is 0.0950 e. The zero-order valence-electron chi connectivity index (χ0n) is 9.42. The van der Waals surface area contributed by atoms with Crippen LogP contribution in [0.3, 0.4) is 0 Å². The topological polar surface area (TPSA) is 23.8 Å². The first kappa shape index (κ1) is 12.0. The molecule has 0 unspecified atom stereocenters. The lowest BCUT2D eigenvalue weighted by molar-refractivity contribution is 0.909. The average Bonchev–Trinajstić information content (AvgIpc) is 2.76. The molecule has 15 heavy (non-hydrogen) atoms. The molecule has 1 nitrogen and oxygen atoms in total. The lowest BCUT2D eigenvalue weighted by atomic mass is 9.99. The van der Waals surface area contributed by atoms with E-state index in [1.807, 2.05) is 0 Å². The highest BCUT2D eigenvalue weighted by molar-refractivity contribution is 7.11. The fourth-order valence-corrected chi connectivity index (χ4v) is 2.48. The van der Waals surface area contributed by atoms with Gasteiger partial charge in [-0.2, -0.15) is 5.26 Å². The molecule has 0 aromatic carbocycles. The fraction of sp³-hybridized carbons (Fsp3) is 0.462. The zero-order chi connectivity index (χ0) is 11.1. The highest BCUT2D eigenvalue weighted by Gasteiger charge is 2.08. The van der Waals surface area contributed by atoms with Gasteiger partial charge in [0.05, 0.1) is 6.07 Å². The summed E-state index contributed by atoms with van der Waals surface area (Å²) in [4.78, 5) is 1.27. The summed E-state index contributed by atoms with van der Waals surface area (Å²) in [5.74, 6) is 0. The predicted molar refractivity (Wildman–Crippen MR) is 66.7 cm³/mol. The quantitative estimate of drug-likeness (QED) is 0.662. The monoisotopic (exact) mass is 219 g/mol. The zero-order valence-corrected chi connectivity index (χ0v) is 10.2. The van der Waals surface area contributed by atoms with Gasteiger partial charge in [0.2, 0.25) is 0 Å². The Bertz CT molecular complexity index is 354. The van der Waals surface area contributed by atoms with Gasteiger partial charge < -0.3 is 0 Å². The first-order valence-corrected chi connectivity index (χ1v) is 6.37. The van der Waals surface area contributed by atoms with Crippen molar-refractivity contribution < 1.29 is 0 Å². The van der Waals surface area contributed by atoms with E-state index < -0.39 is 0 Å². The minimum Gasteiger partial charge on any atom is -0.193 e. The van der Waals surface area contributed by atoms with Gasteiger partial charge in [0.15, 0.2) is 0 Å². The second-order valence-electron chi connectivity index (χ2n) is 3.55. The first-order valence-electron chi connectivity index (χ1n) is 5.49. The Hall–Kier alpha value is -1.07. The average molecular weight is 219 g/mol. The molecule has 0 atom stereocenters. The minimum absolute atomic E-state index is 0.906. The van der Waals surface area contributed by atoms with E-state index in [2.05, 4.69) is 37.4 Å². The molecule has 1 aromatic rings. The van der Waals surface area contributed by atoms with Crippen LogP contribution >= 0.6 is 11.3 Å². The summed E-state index contributed by atoms with van der Waals surface area (Å²) in [6, 6.07) is 6.53. The van der Waals surface area contributed by atoms with Gasteiger partial charge in [0.1, 0.15) is 0 Å². The number of nitrogens with zero attached hydrogens (tertiary/aromatic N) is 1. The SMILES string of the molecule is CCC/C(C#N)=C(\CCC)c1cccs1. The van der Waals surface area contributed by atoms with Gasteiger partial charge in [-0.25, -0.2) is 0 Å². The number of rotatable bonds is 5. The van der Waals surface area contributed by atoms with Crippen LogP contribution in [0.5, 0.6) is 0 Å². The van der Waals surface area contributed by atoms with Gasteiger partial charge in [0.25, 0.3) is 0 Å².